The molecule has 1 fully saturated rings. The Morgan fingerprint density at radius 1 is 1.09 bits per heavy atom. The van der Waals surface area contributed by atoms with Gasteiger partial charge in [-0.1, -0.05) is 19.9 Å². The van der Waals surface area contributed by atoms with Gasteiger partial charge in [-0.3, -0.25) is 19.4 Å². The molecule has 7 nitrogen and oxygen atoms in total. The molecule has 0 aliphatic carbocycles. The molecule has 0 aromatic carbocycles. The van der Waals surface area contributed by atoms with Crippen molar-refractivity contribution in [3.63, 3.8) is 0 Å². The first-order chi connectivity index (χ1) is 15.6. The van der Waals surface area contributed by atoms with Gasteiger partial charge in [0.05, 0.1) is 5.69 Å². The van der Waals surface area contributed by atoms with Crippen molar-refractivity contribution in [2.24, 2.45) is 5.92 Å². The van der Waals surface area contributed by atoms with E-state index in [2.05, 4.69) is 4.98 Å². The monoisotopic (exact) mass is 464 g/mol. The number of halogens is 3. The van der Waals surface area contributed by atoms with Crippen LogP contribution < -0.4 is 10.7 Å². The zero-order chi connectivity index (χ0) is 24.2. The van der Waals surface area contributed by atoms with Crippen LogP contribution in [0.25, 0.3) is 0 Å². The van der Waals surface area contributed by atoms with Gasteiger partial charge in [0.1, 0.15) is 11.1 Å². The van der Waals surface area contributed by atoms with Crippen molar-refractivity contribution in [2.75, 3.05) is 13.1 Å². The Morgan fingerprint density at radius 3 is 2.33 bits per heavy atom. The van der Waals surface area contributed by atoms with Crippen LogP contribution in [0.15, 0.2) is 41.6 Å². The van der Waals surface area contributed by atoms with E-state index in [4.69, 9.17) is 0 Å². The van der Waals surface area contributed by atoms with Crippen molar-refractivity contribution in [2.45, 2.75) is 51.9 Å². The SMILES string of the molecule is CC(C)Cn1cc(C(=O)N[C@@H](c2ccccn2)C(F)(F)F)c(=O)c(C(=O)N2CCCCC2)c1. The van der Waals surface area contributed by atoms with Crippen LogP contribution in [-0.4, -0.2) is 45.5 Å². The maximum Gasteiger partial charge on any atom is 0.414 e. The number of alkyl halides is 3. The Hall–Kier alpha value is -3.17. The Bertz CT molecular complexity index is 1050. The molecular formula is C23H27F3N4O3. The molecule has 0 saturated carbocycles. The number of hydrogen-bond donors (Lipinski definition) is 1. The van der Waals surface area contributed by atoms with Crippen LogP contribution in [0.5, 0.6) is 0 Å². The maximum absolute atomic E-state index is 13.7. The second-order valence-electron chi connectivity index (χ2n) is 8.56. The summed E-state index contributed by atoms with van der Waals surface area (Å²) in [6.45, 7) is 5.18. The lowest BCUT2D eigenvalue weighted by Crippen LogP contribution is -2.42. The van der Waals surface area contributed by atoms with E-state index in [1.54, 1.807) is 4.90 Å². The second-order valence-corrected chi connectivity index (χ2v) is 8.56. The molecule has 2 aromatic rings. The standard InChI is InChI=1S/C23H27F3N4O3/c1-15(2)12-29-13-16(19(31)17(14-29)22(33)30-10-6-3-7-11-30)21(32)28-20(23(24,25)26)18-8-4-5-9-27-18/h4-5,8-9,13-15,20H,3,6-7,10-12H2,1-2H3,(H,28,32)/t20-/m0/s1. The maximum atomic E-state index is 13.7. The third-order valence-electron chi connectivity index (χ3n) is 5.36. The van der Waals surface area contributed by atoms with Gasteiger partial charge in [-0.15, -0.1) is 0 Å². The third-order valence-corrected chi connectivity index (χ3v) is 5.36. The van der Waals surface area contributed by atoms with Gasteiger partial charge < -0.3 is 14.8 Å². The summed E-state index contributed by atoms with van der Waals surface area (Å²) in [5, 5.41) is 1.89. The van der Waals surface area contributed by atoms with E-state index in [1.165, 1.54) is 35.3 Å². The first-order valence-electron chi connectivity index (χ1n) is 10.9. The lowest BCUT2D eigenvalue weighted by Gasteiger charge is -2.27. The van der Waals surface area contributed by atoms with Crippen LogP contribution in [0.4, 0.5) is 13.2 Å². The normalized spacial score (nSPS) is 15.4. The fourth-order valence-electron chi connectivity index (χ4n) is 3.82. The van der Waals surface area contributed by atoms with Crippen molar-refractivity contribution < 1.29 is 22.8 Å². The van der Waals surface area contributed by atoms with Crippen molar-refractivity contribution in [1.82, 2.24) is 19.8 Å². The Labute approximate surface area is 189 Å². The van der Waals surface area contributed by atoms with Crippen molar-refractivity contribution >= 4 is 11.8 Å². The highest BCUT2D eigenvalue weighted by molar-refractivity contribution is 5.99. The molecule has 1 atom stereocenters. The summed E-state index contributed by atoms with van der Waals surface area (Å²) in [6, 6.07) is 1.58. The summed E-state index contributed by atoms with van der Waals surface area (Å²) < 4.78 is 42.6. The molecule has 3 heterocycles. The number of carbonyl (C=O) groups is 2. The van der Waals surface area contributed by atoms with Crippen LogP contribution in [-0.2, 0) is 6.54 Å². The molecule has 1 N–H and O–H groups in total. The summed E-state index contributed by atoms with van der Waals surface area (Å²) in [7, 11) is 0. The number of piperidine rings is 1. The van der Waals surface area contributed by atoms with Crippen LogP contribution in [0.2, 0.25) is 0 Å². The van der Waals surface area contributed by atoms with Gasteiger partial charge in [0, 0.05) is 38.2 Å². The van der Waals surface area contributed by atoms with E-state index < -0.39 is 40.7 Å². The fourth-order valence-corrected chi connectivity index (χ4v) is 3.82. The lowest BCUT2D eigenvalue weighted by atomic mass is 10.1. The number of hydrogen-bond acceptors (Lipinski definition) is 4. The van der Waals surface area contributed by atoms with Gasteiger partial charge in [0.2, 0.25) is 5.43 Å². The van der Waals surface area contributed by atoms with Gasteiger partial charge in [-0.05, 0) is 37.3 Å². The molecule has 2 amide bonds. The smallest absolute Gasteiger partial charge is 0.352 e. The molecule has 33 heavy (non-hydrogen) atoms. The molecule has 0 bridgehead atoms. The molecular weight excluding hydrogens is 437 g/mol. The van der Waals surface area contributed by atoms with Gasteiger partial charge in [0.15, 0.2) is 6.04 Å². The Kier molecular flexibility index (Phi) is 7.55. The molecule has 1 aliphatic rings. The summed E-state index contributed by atoms with van der Waals surface area (Å²) in [5.41, 5.74) is -2.01. The molecule has 3 rings (SSSR count). The summed E-state index contributed by atoms with van der Waals surface area (Å²) in [4.78, 5) is 44.3. The minimum absolute atomic E-state index is 0.109. The average molecular weight is 464 g/mol. The van der Waals surface area contributed by atoms with Crippen molar-refractivity contribution in [3.05, 3.63) is 63.8 Å². The Balaban J connectivity index is 2.00. The van der Waals surface area contributed by atoms with Crippen LogP contribution >= 0.6 is 0 Å². The van der Waals surface area contributed by atoms with E-state index in [1.807, 2.05) is 19.2 Å². The largest absolute Gasteiger partial charge is 0.414 e. The first kappa shape index (κ1) is 24.5. The van der Waals surface area contributed by atoms with Crippen molar-refractivity contribution in [3.8, 4) is 0 Å². The Morgan fingerprint density at radius 2 is 1.76 bits per heavy atom. The van der Waals surface area contributed by atoms with Crippen LogP contribution in [0.3, 0.4) is 0 Å². The van der Waals surface area contributed by atoms with Gasteiger partial charge in [-0.25, -0.2) is 0 Å². The lowest BCUT2D eigenvalue weighted by molar-refractivity contribution is -0.156. The third kappa shape index (κ3) is 6.00. The number of nitrogens with zero attached hydrogens (tertiary/aromatic N) is 3. The molecule has 0 spiro atoms. The summed E-state index contributed by atoms with van der Waals surface area (Å²) in [5.74, 6) is -1.61. The number of carbonyl (C=O) groups excluding carboxylic acids is 2. The van der Waals surface area contributed by atoms with Gasteiger partial charge >= 0.3 is 6.18 Å². The molecule has 2 aromatic heterocycles. The molecule has 10 heteroatoms. The van der Waals surface area contributed by atoms with Gasteiger partial charge in [-0.2, -0.15) is 13.2 Å². The van der Waals surface area contributed by atoms with E-state index in [0.717, 1.165) is 25.3 Å². The zero-order valence-corrected chi connectivity index (χ0v) is 18.6. The number of aromatic nitrogens is 2. The van der Waals surface area contributed by atoms with E-state index in [9.17, 15) is 27.6 Å². The highest BCUT2D eigenvalue weighted by Crippen LogP contribution is 2.31. The highest BCUT2D eigenvalue weighted by atomic mass is 19.4. The number of likely N-dealkylation sites (tertiary alicyclic amines) is 1. The second kappa shape index (κ2) is 10.2. The van der Waals surface area contributed by atoms with Crippen LogP contribution in [0, 0.1) is 5.92 Å². The predicted octanol–water partition coefficient (Wildman–Crippen LogP) is 3.56. The minimum Gasteiger partial charge on any atom is -0.352 e. The first-order valence-corrected chi connectivity index (χ1v) is 10.9. The average Bonchev–Trinajstić information content (AvgIpc) is 2.78. The summed E-state index contributed by atoms with van der Waals surface area (Å²) >= 11 is 0. The molecule has 0 unspecified atom stereocenters. The highest BCUT2D eigenvalue weighted by Gasteiger charge is 2.43. The number of nitrogens with one attached hydrogen (secondary N) is 1. The quantitative estimate of drug-likeness (QED) is 0.709. The fraction of sp³-hybridized carbons (Fsp3) is 0.478. The predicted molar refractivity (Wildman–Crippen MR) is 116 cm³/mol. The van der Waals surface area contributed by atoms with Gasteiger partial charge in [0.25, 0.3) is 11.8 Å². The van der Waals surface area contributed by atoms with Crippen molar-refractivity contribution in [1.29, 1.82) is 0 Å². The van der Waals surface area contributed by atoms with E-state index in [0.29, 0.717) is 19.6 Å². The number of rotatable bonds is 6. The van der Waals surface area contributed by atoms with E-state index >= 15 is 0 Å². The number of amides is 2. The topological polar surface area (TPSA) is 84.3 Å². The van der Waals surface area contributed by atoms with Crippen LogP contribution in [0.1, 0.15) is 65.6 Å². The zero-order valence-electron chi connectivity index (χ0n) is 18.6. The minimum atomic E-state index is -4.83. The molecule has 1 aliphatic heterocycles. The summed E-state index contributed by atoms with van der Waals surface area (Å²) in [6.07, 6.45) is 1.55. The number of pyridine rings is 2. The molecule has 1 saturated heterocycles. The molecule has 0 radical (unpaired) electrons. The van der Waals surface area contributed by atoms with E-state index in [-0.39, 0.29) is 11.5 Å². The molecule has 178 valence electrons.